The smallest absolute Gasteiger partial charge is 0.203 e. The maximum atomic E-state index is 5.69. The third-order valence-electron chi connectivity index (χ3n) is 3.19. The summed E-state index contributed by atoms with van der Waals surface area (Å²) < 4.78 is 0. The molecule has 0 aliphatic heterocycles. The summed E-state index contributed by atoms with van der Waals surface area (Å²) in [4.78, 5) is 6.00. The molecule has 19 heavy (non-hydrogen) atoms. The summed E-state index contributed by atoms with van der Waals surface area (Å²) in [6.07, 6.45) is 2.25. The number of hydrogen-bond donors (Lipinski definition) is 1. The van der Waals surface area contributed by atoms with Gasteiger partial charge in [0.25, 0.3) is 0 Å². The molecule has 0 aromatic carbocycles. The first-order valence-corrected chi connectivity index (χ1v) is 8.30. The summed E-state index contributed by atoms with van der Waals surface area (Å²) in [6, 6.07) is 0. The Morgan fingerprint density at radius 3 is 2.26 bits per heavy atom. The molecule has 2 N–H and O–H groups in total. The molecule has 2 rings (SSSR count). The molecular weight excluding hydrogens is 276 g/mol. The fourth-order valence-corrected chi connectivity index (χ4v) is 4.21. The van der Waals surface area contributed by atoms with Crippen LogP contribution in [0.3, 0.4) is 0 Å². The second-order valence-corrected chi connectivity index (χ2v) is 6.92. The van der Waals surface area contributed by atoms with Crippen LogP contribution in [0.25, 0.3) is 9.88 Å². The van der Waals surface area contributed by atoms with E-state index < -0.39 is 0 Å². The molecule has 0 fully saturated rings. The van der Waals surface area contributed by atoms with Crippen LogP contribution in [0.1, 0.15) is 63.1 Å². The third kappa shape index (κ3) is 2.95. The van der Waals surface area contributed by atoms with Crippen LogP contribution in [-0.2, 0) is 0 Å². The van der Waals surface area contributed by atoms with Crippen LogP contribution in [0.4, 0.5) is 5.13 Å². The zero-order chi connectivity index (χ0) is 14.0. The molecule has 6 heteroatoms. The maximum Gasteiger partial charge on any atom is 0.203 e. The van der Waals surface area contributed by atoms with Gasteiger partial charge in [0.2, 0.25) is 5.13 Å². The van der Waals surface area contributed by atoms with Gasteiger partial charge in [-0.2, -0.15) is 0 Å². The van der Waals surface area contributed by atoms with Crippen molar-refractivity contribution in [2.45, 2.75) is 52.4 Å². The summed E-state index contributed by atoms with van der Waals surface area (Å²) >= 11 is 3.19. The summed E-state index contributed by atoms with van der Waals surface area (Å²) in [5.41, 5.74) is 6.82. The summed E-state index contributed by atoms with van der Waals surface area (Å²) in [5.74, 6) is 0.931. The Morgan fingerprint density at radius 1 is 1.11 bits per heavy atom. The fraction of sp³-hybridized carbons (Fsp3) is 0.615. The minimum atomic E-state index is 0.388. The van der Waals surface area contributed by atoms with Gasteiger partial charge in [0.1, 0.15) is 0 Å². The molecule has 0 unspecified atom stereocenters. The summed E-state index contributed by atoms with van der Waals surface area (Å²) in [6.45, 7) is 8.76. The largest absolute Gasteiger partial charge is 0.374 e. The number of anilines is 1. The molecule has 2 aromatic heterocycles. The lowest BCUT2D eigenvalue weighted by Gasteiger charge is -2.07. The Bertz CT molecular complexity index is 541. The van der Waals surface area contributed by atoms with Crippen molar-refractivity contribution >= 4 is 27.8 Å². The number of hydrogen-bond acceptors (Lipinski definition) is 6. The van der Waals surface area contributed by atoms with Crippen LogP contribution in [0.2, 0.25) is 0 Å². The molecule has 0 bridgehead atoms. The lowest BCUT2D eigenvalue weighted by Crippen LogP contribution is -1.96. The zero-order valence-corrected chi connectivity index (χ0v) is 13.4. The van der Waals surface area contributed by atoms with E-state index in [1.807, 2.05) is 0 Å². The quantitative estimate of drug-likeness (QED) is 0.894. The number of nitrogens with two attached hydrogens (primary N) is 1. The first-order chi connectivity index (χ1) is 9.06. The predicted octanol–water partition coefficient (Wildman–Crippen LogP) is 4.27. The SMILES string of the molecule is CCC(CC)c1nc(C(C)C)c(-c2nnc(N)s2)s1. The van der Waals surface area contributed by atoms with Gasteiger partial charge >= 0.3 is 0 Å². The second kappa shape index (κ2) is 5.96. The molecule has 0 saturated carbocycles. The van der Waals surface area contributed by atoms with Gasteiger partial charge < -0.3 is 5.73 Å². The van der Waals surface area contributed by atoms with E-state index in [4.69, 9.17) is 10.7 Å². The van der Waals surface area contributed by atoms with Gasteiger partial charge in [0.15, 0.2) is 5.01 Å². The number of nitrogens with zero attached hydrogens (tertiary/aromatic N) is 3. The van der Waals surface area contributed by atoms with Crippen molar-refractivity contribution in [3.8, 4) is 9.88 Å². The maximum absolute atomic E-state index is 5.69. The fourth-order valence-electron chi connectivity index (χ4n) is 2.03. The highest BCUT2D eigenvalue weighted by Gasteiger charge is 2.21. The molecule has 0 saturated heterocycles. The Morgan fingerprint density at radius 2 is 1.79 bits per heavy atom. The number of aromatic nitrogens is 3. The van der Waals surface area contributed by atoms with Crippen LogP contribution in [-0.4, -0.2) is 15.2 Å². The zero-order valence-electron chi connectivity index (χ0n) is 11.8. The van der Waals surface area contributed by atoms with Gasteiger partial charge in [-0.15, -0.1) is 21.5 Å². The van der Waals surface area contributed by atoms with E-state index in [-0.39, 0.29) is 0 Å². The standard InChI is InChI=1S/C13H20N4S2/c1-5-8(6-2)11-15-9(7(3)4)10(18-11)12-16-17-13(14)19-12/h7-8H,5-6H2,1-4H3,(H2,14,17). The average molecular weight is 296 g/mol. The van der Waals surface area contributed by atoms with Crippen LogP contribution < -0.4 is 5.73 Å². The molecule has 104 valence electrons. The minimum absolute atomic E-state index is 0.388. The van der Waals surface area contributed by atoms with E-state index in [0.717, 1.165) is 28.4 Å². The Hall–Kier alpha value is -1.01. The average Bonchev–Trinajstić information content (AvgIpc) is 2.97. The molecule has 0 radical (unpaired) electrons. The van der Waals surface area contributed by atoms with Crippen molar-refractivity contribution in [2.24, 2.45) is 0 Å². The minimum Gasteiger partial charge on any atom is -0.374 e. The van der Waals surface area contributed by atoms with E-state index in [0.29, 0.717) is 17.0 Å². The number of thiazole rings is 1. The van der Waals surface area contributed by atoms with Crippen molar-refractivity contribution in [3.05, 3.63) is 10.7 Å². The van der Waals surface area contributed by atoms with Crippen molar-refractivity contribution in [1.29, 1.82) is 0 Å². The Kier molecular flexibility index (Phi) is 4.52. The van der Waals surface area contributed by atoms with Crippen LogP contribution >= 0.6 is 22.7 Å². The van der Waals surface area contributed by atoms with Gasteiger partial charge in [-0.3, -0.25) is 0 Å². The van der Waals surface area contributed by atoms with Crippen molar-refractivity contribution in [3.63, 3.8) is 0 Å². The van der Waals surface area contributed by atoms with E-state index in [2.05, 4.69) is 37.9 Å². The van der Waals surface area contributed by atoms with Crippen molar-refractivity contribution in [2.75, 3.05) is 5.73 Å². The van der Waals surface area contributed by atoms with E-state index in [1.165, 1.54) is 16.3 Å². The highest BCUT2D eigenvalue weighted by molar-refractivity contribution is 7.23. The van der Waals surface area contributed by atoms with Crippen molar-refractivity contribution < 1.29 is 0 Å². The molecule has 0 aliphatic carbocycles. The molecule has 0 atom stereocenters. The van der Waals surface area contributed by atoms with E-state index >= 15 is 0 Å². The lowest BCUT2D eigenvalue weighted by atomic mass is 10.0. The molecule has 0 aliphatic rings. The molecular formula is C13H20N4S2. The molecule has 0 amide bonds. The highest BCUT2D eigenvalue weighted by Crippen LogP contribution is 2.40. The van der Waals surface area contributed by atoms with Crippen LogP contribution in [0, 0.1) is 0 Å². The molecule has 4 nitrogen and oxygen atoms in total. The topological polar surface area (TPSA) is 64.7 Å². The summed E-state index contributed by atoms with van der Waals surface area (Å²) in [5, 5.41) is 10.7. The van der Waals surface area contributed by atoms with Gasteiger partial charge in [-0.1, -0.05) is 39.0 Å². The van der Waals surface area contributed by atoms with Gasteiger partial charge in [-0.05, 0) is 18.8 Å². The normalized spacial score (nSPS) is 11.7. The summed E-state index contributed by atoms with van der Waals surface area (Å²) in [7, 11) is 0. The van der Waals surface area contributed by atoms with Crippen molar-refractivity contribution in [1.82, 2.24) is 15.2 Å². The molecule has 2 heterocycles. The molecule has 0 spiro atoms. The monoisotopic (exact) mass is 296 g/mol. The third-order valence-corrected chi connectivity index (χ3v) is 5.33. The first kappa shape index (κ1) is 14.4. The molecule has 2 aromatic rings. The Labute approximate surface area is 122 Å². The number of nitrogen functional groups attached to an aromatic ring is 1. The predicted molar refractivity (Wildman–Crippen MR) is 82.8 cm³/mol. The van der Waals surface area contributed by atoms with Crippen LogP contribution in [0.15, 0.2) is 0 Å². The lowest BCUT2D eigenvalue weighted by molar-refractivity contribution is 0.632. The van der Waals surface area contributed by atoms with Crippen LogP contribution in [0.5, 0.6) is 0 Å². The van der Waals surface area contributed by atoms with E-state index in [9.17, 15) is 0 Å². The van der Waals surface area contributed by atoms with Gasteiger partial charge in [-0.25, -0.2) is 4.98 Å². The van der Waals surface area contributed by atoms with Gasteiger partial charge in [0, 0.05) is 5.92 Å². The number of rotatable bonds is 5. The highest BCUT2D eigenvalue weighted by atomic mass is 32.1. The first-order valence-electron chi connectivity index (χ1n) is 6.66. The second-order valence-electron chi connectivity index (χ2n) is 4.88. The van der Waals surface area contributed by atoms with E-state index in [1.54, 1.807) is 11.3 Å². The Balaban J connectivity index is 2.47. The van der Waals surface area contributed by atoms with Gasteiger partial charge in [0.05, 0.1) is 15.6 Å².